The van der Waals surface area contributed by atoms with Crippen LogP contribution in [0.4, 0.5) is 5.69 Å². The van der Waals surface area contributed by atoms with Crippen LogP contribution in [0.2, 0.25) is 0 Å². The van der Waals surface area contributed by atoms with Crippen molar-refractivity contribution in [3.8, 4) is 0 Å². The number of anilines is 1. The molecule has 0 radical (unpaired) electrons. The molecule has 0 atom stereocenters. The number of nitrogens with zero attached hydrogens (tertiary/aromatic N) is 4. The number of aromatic nitrogens is 4. The number of fused-ring (bicyclic) bond motifs is 3. The highest BCUT2D eigenvalue weighted by molar-refractivity contribution is 5.98. The molecule has 0 spiro atoms. The van der Waals surface area contributed by atoms with Crippen LogP contribution in [-0.4, -0.2) is 37.1 Å². The van der Waals surface area contributed by atoms with E-state index in [-0.39, 0.29) is 41.1 Å². The van der Waals surface area contributed by atoms with Gasteiger partial charge in [-0.3, -0.25) is 19.0 Å². The van der Waals surface area contributed by atoms with Crippen molar-refractivity contribution in [3.05, 3.63) is 74.4 Å². The van der Waals surface area contributed by atoms with Crippen LogP contribution >= 0.6 is 0 Å². The number of carbonyl (C=O) groups excluding carboxylic acids is 2. The minimum Gasteiger partial charge on any atom is -0.352 e. The zero-order valence-corrected chi connectivity index (χ0v) is 21.7. The quantitative estimate of drug-likeness (QED) is 0.382. The molecular weight excluding hydrogens is 472 g/mol. The highest BCUT2D eigenvalue weighted by atomic mass is 16.2. The molecule has 10 heteroatoms. The topological polar surface area (TPSA) is 120 Å². The summed E-state index contributed by atoms with van der Waals surface area (Å²) in [4.78, 5) is 52.4. The average molecular weight is 505 g/mol. The van der Waals surface area contributed by atoms with Crippen LogP contribution in [-0.2, 0) is 17.9 Å². The predicted octanol–water partition coefficient (Wildman–Crippen LogP) is 2.80. The van der Waals surface area contributed by atoms with E-state index in [0.29, 0.717) is 29.7 Å². The van der Waals surface area contributed by atoms with E-state index in [1.807, 2.05) is 52.8 Å². The maximum atomic E-state index is 13.5. The van der Waals surface area contributed by atoms with Crippen LogP contribution in [0.1, 0.15) is 43.6 Å². The molecule has 2 heterocycles. The van der Waals surface area contributed by atoms with Crippen LogP contribution in [0.15, 0.2) is 52.1 Å². The van der Waals surface area contributed by atoms with E-state index < -0.39 is 11.6 Å². The number of rotatable bonds is 8. The van der Waals surface area contributed by atoms with Crippen LogP contribution in [0.25, 0.3) is 16.7 Å². The summed E-state index contributed by atoms with van der Waals surface area (Å²) < 4.78 is 3.80. The van der Waals surface area contributed by atoms with Gasteiger partial charge in [0, 0.05) is 24.3 Å². The third-order valence-corrected chi connectivity index (χ3v) is 5.97. The summed E-state index contributed by atoms with van der Waals surface area (Å²) in [7, 11) is 0. The zero-order chi connectivity index (χ0) is 26.9. The largest absolute Gasteiger partial charge is 0.352 e. The van der Waals surface area contributed by atoms with Gasteiger partial charge in [-0.15, -0.1) is 5.10 Å². The van der Waals surface area contributed by atoms with Gasteiger partial charge in [-0.25, -0.2) is 13.9 Å². The van der Waals surface area contributed by atoms with Crippen molar-refractivity contribution in [2.75, 3.05) is 11.9 Å². The lowest BCUT2D eigenvalue weighted by Crippen LogP contribution is -2.30. The molecule has 0 aliphatic rings. The molecule has 2 aromatic carbocycles. The highest BCUT2D eigenvalue weighted by Gasteiger charge is 2.21. The van der Waals surface area contributed by atoms with E-state index in [1.54, 1.807) is 18.2 Å². The number of para-hydroxylation sites is 1. The second kappa shape index (κ2) is 10.4. The molecule has 0 bridgehead atoms. The summed E-state index contributed by atoms with van der Waals surface area (Å²) in [5.74, 6) is -0.223. The van der Waals surface area contributed by atoms with Crippen molar-refractivity contribution in [1.82, 2.24) is 24.1 Å². The van der Waals surface area contributed by atoms with Gasteiger partial charge >= 0.3 is 5.69 Å². The van der Waals surface area contributed by atoms with Gasteiger partial charge in [-0.2, -0.15) is 0 Å². The van der Waals surface area contributed by atoms with Crippen LogP contribution in [0.5, 0.6) is 0 Å². The zero-order valence-electron chi connectivity index (χ0n) is 21.7. The van der Waals surface area contributed by atoms with Crippen molar-refractivity contribution in [3.63, 3.8) is 0 Å². The lowest BCUT2D eigenvalue weighted by Gasteiger charge is -2.13. The van der Waals surface area contributed by atoms with Gasteiger partial charge in [-0.1, -0.05) is 45.9 Å². The molecule has 0 fully saturated rings. The van der Waals surface area contributed by atoms with E-state index in [1.165, 1.54) is 15.0 Å². The van der Waals surface area contributed by atoms with Gasteiger partial charge in [0.05, 0.1) is 10.9 Å². The fourth-order valence-corrected chi connectivity index (χ4v) is 4.13. The molecule has 4 rings (SSSR count). The Kier molecular flexibility index (Phi) is 7.28. The first kappa shape index (κ1) is 25.9. The molecule has 194 valence electrons. The summed E-state index contributed by atoms with van der Waals surface area (Å²) in [6.07, 6.45) is 0. The third-order valence-electron chi connectivity index (χ3n) is 5.97. The van der Waals surface area contributed by atoms with E-state index >= 15 is 0 Å². The Morgan fingerprint density at radius 2 is 1.73 bits per heavy atom. The molecule has 0 aliphatic carbocycles. The number of aryl methyl sites for hydroxylation is 1. The fourth-order valence-electron chi connectivity index (χ4n) is 4.13. The minimum absolute atomic E-state index is 0.102. The molecule has 0 saturated heterocycles. The van der Waals surface area contributed by atoms with Crippen molar-refractivity contribution in [2.24, 2.45) is 11.8 Å². The lowest BCUT2D eigenvalue weighted by atomic mass is 10.1. The molecule has 10 nitrogen and oxygen atoms in total. The van der Waals surface area contributed by atoms with E-state index in [2.05, 4.69) is 15.7 Å². The molecule has 0 aliphatic heterocycles. The molecule has 2 aromatic heterocycles. The van der Waals surface area contributed by atoms with Crippen LogP contribution in [0.3, 0.4) is 0 Å². The second-order valence-corrected chi connectivity index (χ2v) is 10.1. The van der Waals surface area contributed by atoms with Gasteiger partial charge in [0.25, 0.3) is 11.5 Å². The van der Waals surface area contributed by atoms with Gasteiger partial charge in [0.15, 0.2) is 0 Å². The van der Waals surface area contributed by atoms with Gasteiger partial charge in [0.2, 0.25) is 11.7 Å². The summed E-state index contributed by atoms with van der Waals surface area (Å²) in [5, 5.41) is 10.3. The lowest BCUT2D eigenvalue weighted by molar-refractivity contribution is -0.117. The molecule has 4 aromatic rings. The fraction of sp³-hybridized carbons (Fsp3) is 0.370. The first-order chi connectivity index (χ1) is 17.6. The molecule has 2 N–H and O–H groups in total. The molecule has 2 amide bonds. The van der Waals surface area contributed by atoms with Gasteiger partial charge in [0.1, 0.15) is 6.54 Å². The summed E-state index contributed by atoms with van der Waals surface area (Å²) in [6.45, 7) is 10.3. The summed E-state index contributed by atoms with van der Waals surface area (Å²) >= 11 is 0. The summed E-state index contributed by atoms with van der Waals surface area (Å²) in [6, 6.07) is 12.0. The number of benzene rings is 2. The Hall–Kier alpha value is -4.21. The van der Waals surface area contributed by atoms with Crippen molar-refractivity contribution >= 4 is 34.2 Å². The Labute approximate surface area is 213 Å². The first-order valence-corrected chi connectivity index (χ1v) is 12.4. The molecule has 0 saturated carbocycles. The van der Waals surface area contributed by atoms with E-state index in [9.17, 15) is 19.2 Å². The number of nitrogens with one attached hydrogen (secondary N) is 2. The van der Waals surface area contributed by atoms with Crippen LogP contribution in [0, 0.1) is 18.8 Å². The van der Waals surface area contributed by atoms with Crippen molar-refractivity contribution in [1.29, 1.82) is 0 Å². The Morgan fingerprint density at radius 3 is 2.41 bits per heavy atom. The predicted molar refractivity (Wildman–Crippen MR) is 143 cm³/mol. The van der Waals surface area contributed by atoms with Gasteiger partial charge in [-0.05, 0) is 48.6 Å². The molecular formula is C27H32N6O4. The number of carbonyl (C=O) groups is 2. The maximum absolute atomic E-state index is 13.5. The Bertz CT molecular complexity index is 1610. The van der Waals surface area contributed by atoms with E-state index in [4.69, 9.17) is 0 Å². The standard InChI is InChI=1S/C27H32N6O4/c1-16(2)13-28-24(35)19-10-11-20-22(12-19)33-26(31(25(20)36)14-17(3)4)30-32(27(33)37)15-23(34)29-21-9-7-6-8-18(21)5/h6-12,16-17H,13-15H2,1-5H3,(H,28,35)(H,29,34). The second-order valence-electron chi connectivity index (χ2n) is 10.1. The van der Waals surface area contributed by atoms with Gasteiger partial charge < -0.3 is 10.6 Å². The SMILES string of the molecule is Cc1ccccc1NC(=O)Cn1nc2n(CC(C)C)c(=O)c3ccc(C(=O)NCC(C)C)cc3n2c1=O. The number of hydrogen-bond donors (Lipinski definition) is 2. The minimum atomic E-state index is -0.572. The van der Waals surface area contributed by atoms with Crippen molar-refractivity contribution < 1.29 is 9.59 Å². The smallest absolute Gasteiger partial charge is 0.352 e. The normalized spacial score (nSPS) is 11.5. The number of amides is 2. The van der Waals surface area contributed by atoms with Crippen molar-refractivity contribution in [2.45, 2.75) is 47.7 Å². The Morgan fingerprint density at radius 1 is 1.00 bits per heavy atom. The average Bonchev–Trinajstić information content (AvgIpc) is 3.16. The monoisotopic (exact) mass is 504 g/mol. The molecule has 0 unspecified atom stereocenters. The van der Waals surface area contributed by atoms with E-state index in [0.717, 1.165) is 10.2 Å². The highest BCUT2D eigenvalue weighted by Crippen LogP contribution is 2.16. The van der Waals surface area contributed by atoms with Crippen LogP contribution < -0.4 is 21.9 Å². The molecule has 37 heavy (non-hydrogen) atoms. The maximum Gasteiger partial charge on any atom is 0.352 e. The first-order valence-electron chi connectivity index (χ1n) is 12.4. The third kappa shape index (κ3) is 5.32. The summed E-state index contributed by atoms with van der Waals surface area (Å²) in [5.41, 5.74) is 1.24. The Balaban J connectivity index is 1.83. The number of hydrogen-bond acceptors (Lipinski definition) is 5.